The quantitative estimate of drug-likeness (QED) is 0.154. The number of allylic oxidation sites excluding steroid dienone is 1. The van der Waals surface area contributed by atoms with Crippen LogP contribution in [0.2, 0.25) is 0 Å². The number of amides is 3. The molecule has 1 saturated heterocycles. The van der Waals surface area contributed by atoms with Gasteiger partial charge in [0.1, 0.15) is 23.1 Å². The average Bonchev–Trinajstić information content (AvgIpc) is 3.45. The molecule has 1 aliphatic rings. The highest BCUT2D eigenvalue weighted by molar-refractivity contribution is 6.38. The molecule has 0 aliphatic carbocycles. The number of hydrogen-bond donors (Lipinski definition) is 3. The van der Waals surface area contributed by atoms with Crippen molar-refractivity contribution in [3.05, 3.63) is 12.3 Å². The number of ether oxygens (including phenoxy) is 2. The third-order valence-corrected chi connectivity index (χ3v) is 4.20. The van der Waals surface area contributed by atoms with Crippen LogP contribution in [-0.4, -0.2) is 73.8 Å². The minimum atomic E-state index is -1.06. The standard InChI is InChI=1S/C19H30N4O7/c1-7-13(16(25)19(5)10-29-19)21-15(24)8-20-18(27)14(9-28-6)22-17(26)12(4)23-30-11(2)3/h13-14H,2,7-10H2,1,3-6H3,(H,20,27)(H,21,24)(H,22,26)/b23-12+/t13-,14-,19?/m0/s1. The number of hydrogen-bond acceptors (Lipinski definition) is 8. The van der Waals surface area contributed by atoms with Crippen LogP contribution >= 0.6 is 0 Å². The van der Waals surface area contributed by atoms with Crippen molar-refractivity contribution < 1.29 is 33.5 Å². The SMILES string of the molecule is C=C(C)O/N=C(\C)C(=O)N[C@@H](COC)C(=O)NCC(=O)N[C@@H](CC)C(=O)C1(C)CO1. The van der Waals surface area contributed by atoms with Crippen molar-refractivity contribution in [1.29, 1.82) is 0 Å². The smallest absolute Gasteiger partial charge is 0.269 e. The Bertz CT molecular complexity index is 716. The van der Waals surface area contributed by atoms with Crippen molar-refractivity contribution in [2.24, 2.45) is 5.16 Å². The van der Waals surface area contributed by atoms with E-state index >= 15 is 0 Å². The molecule has 11 heteroatoms. The molecule has 11 nitrogen and oxygen atoms in total. The lowest BCUT2D eigenvalue weighted by Gasteiger charge is -2.19. The molecule has 30 heavy (non-hydrogen) atoms. The monoisotopic (exact) mass is 426 g/mol. The van der Waals surface area contributed by atoms with E-state index in [-0.39, 0.29) is 24.6 Å². The van der Waals surface area contributed by atoms with E-state index in [1.54, 1.807) is 20.8 Å². The van der Waals surface area contributed by atoms with Gasteiger partial charge in [-0.1, -0.05) is 18.7 Å². The van der Waals surface area contributed by atoms with Crippen molar-refractivity contribution in [3.63, 3.8) is 0 Å². The summed E-state index contributed by atoms with van der Waals surface area (Å²) < 4.78 is 10.1. The fourth-order valence-corrected chi connectivity index (χ4v) is 2.31. The van der Waals surface area contributed by atoms with Crippen LogP contribution < -0.4 is 16.0 Å². The summed E-state index contributed by atoms with van der Waals surface area (Å²) >= 11 is 0. The van der Waals surface area contributed by atoms with Crippen molar-refractivity contribution >= 4 is 29.2 Å². The van der Waals surface area contributed by atoms with Gasteiger partial charge in [-0.05, 0) is 27.2 Å². The van der Waals surface area contributed by atoms with E-state index in [2.05, 4.69) is 27.7 Å². The van der Waals surface area contributed by atoms with Crippen LogP contribution in [0, 0.1) is 0 Å². The first-order valence-electron chi connectivity index (χ1n) is 9.46. The van der Waals surface area contributed by atoms with E-state index < -0.39 is 35.4 Å². The van der Waals surface area contributed by atoms with Gasteiger partial charge in [-0.25, -0.2) is 0 Å². The summed E-state index contributed by atoms with van der Waals surface area (Å²) in [6, 6.07) is -1.77. The molecule has 0 spiro atoms. The first-order valence-corrected chi connectivity index (χ1v) is 9.46. The number of Topliss-reactive ketones (excluding diaryl/α,β-unsaturated/α-hetero) is 1. The maximum atomic E-state index is 12.4. The second kappa shape index (κ2) is 11.4. The van der Waals surface area contributed by atoms with Gasteiger partial charge in [0.15, 0.2) is 5.78 Å². The number of ketones is 1. The molecule has 1 unspecified atom stereocenters. The Labute approximate surface area is 175 Å². The number of carbonyl (C=O) groups excluding carboxylic acids is 4. The minimum Gasteiger partial charge on any atom is -0.382 e. The summed E-state index contributed by atoms with van der Waals surface area (Å²) in [4.78, 5) is 53.7. The number of nitrogens with zero attached hydrogens (tertiary/aromatic N) is 1. The van der Waals surface area contributed by atoms with Gasteiger partial charge in [0, 0.05) is 7.11 Å². The summed E-state index contributed by atoms with van der Waals surface area (Å²) in [5.41, 5.74) is -0.872. The van der Waals surface area contributed by atoms with Gasteiger partial charge in [0.2, 0.25) is 11.8 Å². The van der Waals surface area contributed by atoms with Gasteiger partial charge in [0.05, 0.1) is 25.8 Å². The van der Waals surface area contributed by atoms with E-state index in [0.717, 1.165) is 0 Å². The van der Waals surface area contributed by atoms with Gasteiger partial charge in [-0.15, -0.1) is 0 Å². The molecule has 1 aliphatic heterocycles. The maximum absolute atomic E-state index is 12.4. The highest BCUT2D eigenvalue weighted by Gasteiger charge is 2.49. The molecule has 0 aromatic carbocycles. The Morgan fingerprint density at radius 2 is 1.83 bits per heavy atom. The van der Waals surface area contributed by atoms with E-state index in [1.165, 1.54) is 14.0 Å². The Kier molecular flexibility index (Phi) is 9.60. The molecule has 3 atom stereocenters. The molecule has 3 amide bonds. The molecule has 1 rings (SSSR count). The molecule has 0 saturated carbocycles. The Hall–Kier alpha value is -2.79. The third kappa shape index (κ3) is 7.91. The van der Waals surface area contributed by atoms with Crippen molar-refractivity contribution in [2.75, 3.05) is 26.9 Å². The fourth-order valence-electron chi connectivity index (χ4n) is 2.31. The Morgan fingerprint density at radius 3 is 2.33 bits per heavy atom. The van der Waals surface area contributed by atoms with Crippen LogP contribution in [0.1, 0.15) is 34.1 Å². The van der Waals surface area contributed by atoms with Gasteiger partial charge in [0.25, 0.3) is 5.91 Å². The van der Waals surface area contributed by atoms with Crippen LogP contribution in [0.25, 0.3) is 0 Å². The van der Waals surface area contributed by atoms with Crippen LogP contribution in [0.3, 0.4) is 0 Å². The summed E-state index contributed by atoms with van der Waals surface area (Å²) in [7, 11) is 1.36. The zero-order valence-electron chi connectivity index (χ0n) is 18.0. The number of carbonyl (C=O) groups is 4. The molecular formula is C19H30N4O7. The molecule has 3 N–H and O–H groups in total. The Balaban J connectivity index is 2.58. The van der Waals surface area contributed by atoms with Gasteiger partial charge in [-0.2, -0.15) is 0 Å². The van der Waals surface area contributed by atoms with Crippen LogP contribution in [0.5, 0.6) is 0 Å². The second-order valence-corrected chi connectivity index (χ2v) is 7.08. The number of nitrogens with one attached hydrogen (secondary N) is 3. The van der Waals surface area contributed by atoms with Gasteiger partial charge >= 0.3 is 0 Å². The predicted molar refractivity (Wildman–Crippen MR) is 107 cm³/mol. The largest absolute Gasteiger partial charge is 0.382 e. The summed E-state index contributed by atoms with van der Waals surface area (Å²) in [6.07, 6.45) is 0.394. The zero-order chi connectivity index (χ0) is 22.9. The number of epoxide rings is 1. The second-order valence-electron chi connectivity index (χ2n) is 7.08. The van der Waals surface area contributed by atoms with E-state index in [9.17, 15) is 19.2 Å². The van der Waals surface area contributed by atoms with Crippen LogP contribution in [0.4, 0.5) is 0 Å². The lowest BCUT2D eigenvalue weighted by atomic mass is 9.99. The summed E-state index contributed by atoms with van der Waals surface area (Å²) in [5.74, 6) is -1.73. The predicted octanol–water partition coefficient (Wildman–Crippen LogP) is -0.587. The molecule has 1 heterocycles. The molecule has 168 valence electrons. The summed E-state index contributed by atoms with van der Waals surface area (Å²) in [6.45, 7) is 9.71. The first-order chi connectivity index (χ1) is 14.0. The van der Waals surface area contributed by atoms with Crippen molar-refractivity contribution in [3.8, 4) is 0 Å². The van der Waals surface area contributed by atoms with Gasteiger partial charge < -0.3 is 30.3 Å². The minimum absolute atomic E-state index is 0.0234. The molecule has 1 fully saturated rings. The van der Waals surface area contributed by atoms with Gasteiger partial charge in [-0.3, -0.25) is 19.2 Å². The number of oxime groups is 1. The molecule has 0 aromatic rings. The van der Waals surface area contributed by atoms with Crippen molar-refractivity contribution in [2.45, 2.75) is 51.8 Å². The topological polar surface area (TPSA) is 148 Å². The average molecular weight is 426 g/mol. The van der Waals surface area contributed by atoms with E-state index in [0.29, 0.717) is 18.8 Å². The third-order valence-electron chi connectivity index (χ3n) is 4.20. The highest BCUT2D eigenvalue weighted by Crippen LogP contribution is 2.28. The van der Waals surface area contributed by atoms with Crippen LogP contribution in [-0.2, 0) is 33.5 Å². The maximum Gasteiger partial charge on any atom is 0.269 e. The zero-order valence-corrected chi connectivity index (χ0v) is 18.0. The van der Waals surface area contributed by atoms with Crippen molar-refractivity contribution in [1.82, 2.24) is 16.0 Å². The normalized spacial score (nSPS) is 19.8. The summed E-state index contributed by atoms with van der Waals surface area (Å²) in [5, 5.41) is 11.0. The van der Waals surface area contributed by atoms with Crippen LogP contribution in [0.15, 0.2) is 17.5 Å². The number of rotatable bonds is 13. The first kappa shape index (κ1) is 25.2. The lowest BCUT2D eigenvalue weighted by molar-refractivity contribution is -0.132. The lowest BCUT2D eigenvalue weighted by Crippen LogP contribution is -2.53. The highest BCUT2D eigenvalue weighted by atomic mass is 16.6. The van der Waals surface area contributed by atoms with E-state index in [1.807, 2.05) is 0 Å². The molecule has 0 radical (unpaired) electrons. The fraction of sp³-hybridized carbons (Fsp3) is 0.632. The van der Waals surface area contributed by atoms with E-state index in [4.69, 9.17) is 14.3 Å². The molecule has 0 bridgehead atoms. The number of methoxy groups -OCH3 is 1. The Morgan fingerprint density at radius 1 is 1.20 bits per heavy atom. The molecule has 0 aromatic heterocycles. The molecular weight excluding hydrogens is 396 g/mol.